The molecule has 8 heteroatoms. The van der Waals surface area contributed by atoms with Crippen LogP contribution in [-0.4, -0.2) is 60.1 Å². The highest BCUT2D eigenvalue weighted by Crippen LogP contribution is 2.25. The molecule has 1 aromatic carbocycles. The molecule has 32 heavy (non-hydrogen) atoms. The highest BCUT2D eigenvalue weighted by Gasteiger charge is 2.20. The number of nitrogens with zero attached hydrogens (tertiary/aromatic N) is 2. The molecule has 0 saturated carbocycles. The fourth-order valence-electron chi connectivity index (χ4n) is 3.96. The number of halogens is 1. The molecule has 0 spiro atoms. The Morgan fingerprint density at radius 3 is 2.62 bits per heavy atom. The van der Waals surface area contributed by atoms with E-state index in [0.29, 0.717) is 18.1 Å². The van der Waals surface area contributed by atoms with E-state index >= 15 is 0 Å². The molecule has 1 fully saturated rings. The Bertz CT molecular complexity index is 866. The summed E-state index contributed by atoms with van der Waals surface area (Å²) in [4.78, 5) is 18.6. The SMILES string of the molecule is Cc1cc(OCCCC2CCN(c3ccc(F)cn3)CC2)ccc1C(=O)NC(CO)CO. The van der Waals surface area contributed by atoms with Gasteiger partial charge in [-0.1, -0.05) is 0 Å². The summed E-state index contributed by atoms with van der Waals surface area (Å²) in [5, 5.41) is 20.8. The van der Waals surface area contributed by atoms with Gasteiger partial charge in [0, 0.05) is 18.7 Å². The number of carbonyl (C=O) groups is 1. The van der Waals surface area contributed by atoms with Crippen LogP contribution in [0.25, 0.3) is 0 Å². The molecule has 3 N–H and O–H groups in total. The Hall–Kier alpha value is -2.71. The summed E-state index contributed by atoms with van der Waals surface area (Å²) in [6.45, 7) is 3.68. The second kappa shape index (κ2) is 11.8. The lowest BCUT2D eigenvalue weighted by Crippen LogP contribution is -2.40. The van der Waals surface area contributed by atoms with Crippen LogP contribution in [0.1, 0.15) is 41.6 Å². The van der Waals surface area contributed by atoms with E-state index in [4.69, 9.17) is 14.9 Å². The van der Waals surface area contributed by atoms with Gasteiger partial charge in [0.15, 0.2) is 0 Å². The molecule has 2 heterocycles. The molecule has 0 unspecified atom stereocenters. The lowest BCUT2D eigenvalue weighted by molar-refractivity contribution is 0.0878. The molecule has 7 nitrogen and oxygen atoms in total. The van der Waals surface area contributed by atoms with Crippen LogP contribution in [0.5, 0.6) is 5.75 Å². The third-order valence-electron chi connectivity index (χ3n) is 5.89. The van der Waals surface area contributed by atoms with Gasteiger partial charge < -0.3 is 25.2 Å². The summed E-state index contributed by atoms with van der Waals surface area (Å²) in [5.41, 5.74) is 1.27. The maximum absolute atomic E-state index is 13.0. The number of aliphatic hydroxyl groups excluding tert-OH is 2. The van der Waals surface area contributed by atoms with Gasteiger partial charge in [-0.2, -0.15) is 0 Å². The normalized spacial score (nSPS) is 14.6. The van der Waals surface area contributed by atoms with Crippen LogP contribution in [0.3, 0.4) is 0 Å². The highest BCUT2D eigenvalue weighted by molar-refractivity contribution is 5.96. The van der Waals surface area contributed by atoms with E-state index in [2.05, 4.69) is 15.2 Å². The number of aryl methyl sites for hydroxylation is 1. The van der Waals surface area contributed by atoms with E-state index in [1.54, 1.807) is 18.2 Å². The van der Waals surface area contributed by atoms with Crippen molar-refractivity contribution >= 4 is 11.7 Å². The van der Waals surface area contributed by atoms with Crippen molar-refractivity contribution in [3.8, 4) is 5.75 Å². The number of rotatable bonds is 10. The van der Waals surface area contributed by atoms with Gasteiger partial charge in [0.2, 0.25) is 0 Å². The number of pyridine rings is 1. The Kier molecular flexibility index (Phi) is 8.81. The number of hydrogen-bond acceptors (Lipinski definition) is 6. The van der Waals surface area contributed by atoms with Crippen molar-refractivity contribution in [3.63, 3.8) is 0 Å². The quantitative estimate of drug-likeness (QED) is 0.487. The van der Waals surface area contributed by atoms with Crippen LogP contribution in [0.15, 0.2) is 36.5 Å². The van der Waals surface area contributed by atoms with Gasteiger partial charge in [-0.3, -0.25) is 4.79 Å². The Morgan fingerprint density at radius 1 is 1.25 bits per heavy atom. The third kappa shape index (κ3) is 6.64. The number of ether oxygens (including phenoxy) is 1. The summed E-state index contributed by atoms with van der Waals surface area (Å²) in [6, 6.07) is 7.81. The monoisotopic (exact) mass is 445 g/mol. The number of anilines is 1. The number of hydrogen-bond donors (Lipinski definition) is 3. The largest absolute Gasteiger partial charge is 0.494 e. The second-order valence-electron chi connectivity index (χ2n) is 8.27. The fourth-order valence-corrected chi connectivity index (χ4v) is 3.96. The van der Waals surface area contributed by atoms with E-state index in [9.17, 15) is 9.18 Å². The highest BCUT2D eigenvalue weighted by atomic mass is 19.1. The molecular weight excluding hydrogens is 413 g/mol. The van der Waals surface area contributed by atoms with Gasteiger partial charge >= 0.3 is 0 Å². The van der Waals surface area contributed by atoms with Crippen molar-refractivity contribution in [2.24, 2.45) is 5.92 Å². The molecule has 0 radical (unpaired) electrons. The predicted molar refractivity (Wildman–Crippen MR) is 120 cm³/mol. The number of aromatic nitrogens is 1. The fraction of sp³-hybridized carbons (Fsp3) is 0.500. The molecule has 1 amide bonds. The average Bonchev–Trinajstić information content (AvgIpc) is 2.81. The maximum atomic E-state index is 13.0. The van der Waals surface area contributed by atoms with E-state index < -0.39 is 6.04 Å². The first kappa shape index (κ1) is 23.9. The molecule has 0 aliphatic carbocycles. The van der Waals surface area contributed by atoms with Crippen LogP contribution in [0.2, 0.25) is 0 Å². The standard InChI is InChI=1S/C24H32FN3O4/c1-17-13-21(5-6-22(17)24(31)27-20(15-29)16-30)32-12-2-3-18-8-10-28(11-9-18)23-7-4-19(25)14-26-23/h4-7,13-14,18,20,29-30H,2-3,8-12,15-16H2,1H3,(H,27,31). The average molecular weight is 446 g/mol. The van der Waals surface area contributed by atoms with Crippen molar-refractivity contribution in [2.45, 2.75) is 38.6 Å². The van der Waals surface area contributed by atoms with Crippen molar-refractivity contribution in [3.05, 3.63) is 53.5 Å². The zero-order valence-electron chi connectivity index (χ0n) is 18.5. The molecule has 0 atom stereocenters. The first-order valence-electron chi connectivity index (χ1n) is 11.1. The van der Waals surface area contributed by atoms with Gasteiger partial charge in [-0.25, -0.2) is 9.37 Å². The number of carbonyl (C=O) groups excluding carboxylic acids is 1. The van der Waals surface area contributed by atoms with Crippen LogP contribution < -0.4 is 15.0 Å². The molecule has 1 aliphatic rings. The van der Waals surface area contributed by atoms with E-state index in [-0.39, 0.29) is 24.9 Å². The smallest absolute Gasteiger partial charge is 0.251 e. The van der Waals surface area contributed by atoms with Crippen molar-refractivity contribution in [1.82, 2.24) is 10.3 Å². The molecule has 1 aliphatic heterocycles. The lowest BCUT2D eigenvalue weighted by Gasteiger charge is -2.32. The number of benzene rings is 1. The first-order valence-corrected chi connectivity index (χ1v) is 11.1. The van der Waals surface area contributed by atoms with Crippen molar-refractivity contribution in [1.29, 1.82) is 0 Å². The summed E-state index contributed by atoms with van der Waals surface area (Å²) in [5.74, 6) is 1.56. The molecule has 0 bridgehead atoms. The van der Waals surface area contributed by atoms with Gasteiger partial charge in [0.05, 0.1) is 32.1 Å². The van der Waals surface area contributed by atoms with Crippen LogP contribution >= 0.6 is 0 Å². The third-order valence-corrected chi connectivity index (χ3v) is 5.89. The molecule has 2 aromatic rings. The van der Waals surface area contributed by atoms with E-state index in [1.165, 1.54) is 12.3 Å². The molecule has 1 saturated heterocycles. The predicted octanol–water partition coefficient (Wildman–Crippen LogP) is 2.69. The molecule has 3 rings (SSSR count). The Labute approximate surface area is 188 Å². The zero-order chi connectivity index (χ0) is 22.9. The molecular formula is C24H32FN3O4. The number of aliphatic hydroxyl groups is 2. The summed E-state index contributed by atoms with van der Waals surface area (Å²) in [6.07, 6.45) is 5.49. The number of nitrogens with one attached hydrogen (secondary N) is 1. The van der Waals surface area contributed by atoms with E-state index in [0.717, 1.165) is 55.9 Å². The van der Waals surface area contributed by atoms with Gasteiger partial charge in [0.25, 0.3) is 5.91 Å². The Morgan fingerprint density at radius 2 is 2.00 bits per heavy atom. The summed E-state index contributed by atoms with van der Waals surface area (Å²) in [7, 11) is 0. The zero-order valence-corrected chi connectivity index (χ0v) is 18.5. The summed E-state index contributed by atoms with van der Waals surface area (Å²) < 4.78 is 18.9. The Balaban J connectivity index is 1.38. The number of amides is 1. The maximum Gasteiger partial charge on any atom is 0.251 e. The second-order valence-corrected chi connectivity index (χ2v) is 8.27. The van der Waals surface area contributed by atoms with Crippen LogP contribution in [-0.2, 0) is 0 Å². The minimum atomic E-state index is -0.670. The van der Waals surface area contributed by atoms with Gasteiger partial charge in [0.1, 0.15) is 17.4 Å². The van der Waals surface area contributed by atoms with Gasteiger partial charge in [-0.05, 0) is 74.4 Å². The van der Waals surface area contributed by atoms with Crippen molar-refractivity contribution in [2.75, 3.05) is 37.8 Å². The van der Waals surface area contributed by atoms with Crippen LogP contribution in [0, 0.1) is 18.7 Å². The minimum Gasteiger partial charge on any atom is -0.494 e. The van der Waals surface area contributed by atoms with E-state index in [1.807, 2.05) is 13.0 Å². The topological polar surface area (TPSA) is 94.9 Å². The number of piperidine rings is 1. The minimum absolute atomic E-state index is 0.311. The van der Waals surface area contributed by atoms with Gasteiger partial charge in [-0.15, -0.1) is 0 Å². The first-order chi connectivity index (χ1) is 15.5. The summed E-state index contributed by atoms with van der Waals surface area (Å²) >= 11 is 0. The molecule has 174 valence electrons. The van der Waals surface area contributed by atoms with Crippen LogP contribution in [0.4, 0.5) is 10.2 Å². The lowest BCUT2D eigenvalue weighted by atomic mass is 9.92. The molecule has 1 aromatic heterocycles. The van der Waals surface area contributed by atoms with Crippen molar-refractivity contribution < 1.29 is 24.1 Å².